The Morgan fingerprint density at radius 1 is 1.08 bits per heavy atom. The molecule has 0 radical (unpaired) electrons. The first-order valence-corrected chi connectivity index (χ1v) is 8.52. The van der Waals surface area contributed by atoms with E-state index in [0.29, 0.717) is 21.6 Å². The van der Waals surface area contributed by atoms with Crippen molar-refractivity contribution in [2.24, 2.45) is 0 Å². The van der Waals surface area contributed by atoms with Gasteiger partial charge in [0.2, 0.25) is 0 Å². The fraction of sp³-hybridized carbons (Fsp3) is 0.105. The Kier molecular flexibility index (Phi) is 5.40. The van der Waals surface area contributed by atoms with Crippen molar-refractivity contribution in [3.63, 3.8) is 0 Å². The third kappa shape index (κ3) is 4.12. The third-order valence-electron chi connectivity index (χ3n) is 3.65. The summed E-state index contributed by atoms with van der Waals surface area (Å²) in [5, 5.41) is 3.91. The smallest absolute Gasteiger partial charge is 0.339 e. The number of carbonyl (C=O) groups is 2. The van der Waals surface area contributed by atoms with Crippen LogP contribution in [0.3, 0.4) is 0 Å². The van der Waals surface area contributed by atoms with Crippen LogP contribution in [-0.2, 0) is 9.53 Å². The van der Waals surface area contributed by atoms with E-state index in [0.717, 1.165) is 0 Å². The molecule has 0 aliphatic rings. The predicted octanol–water partition coefficient (Wildman–Crippen LogP) is 4.73. The number of anilines is 1. The number of para-hydroxylation sites is 1. The minimum Gasteiger partial charge on any atom is -0.449 e. The van der Waals surface area contributed by atoms with E-state index in [1.165, 1.54) is 13.0 Å². The number of fused-ring (bicyclic) bond motifs is 1. The van der Waals surface area contributed by atoms with E-state index in [1.807, 2.05) is 0 Å². The van der Waals surface area contributed by atoms with Crippen molar-refractivity contribution in [2.75, 3.05) is 5.32 Å². The molecule has 1 atom stereocenters. The topological polar surface area (TPSA) is 68.3 Å². The minimum atomic E-state index is -1.01. The minimum absolute atomic E-state index is 0.173. The molecule has 1 N–H and O–H groups in total. The van der Waals surface area contributed by atoms with Gasteiger partial charge in [-0.05, 0) is 37.3 Å². The molecule has 7 heteroatoms. The second-order valence-corrected chi connectivity index (χ2v) is 6.38. The van der Waals surface area contributed by atoms with Crippen molar-refractivity contribution in [3.05, 3.63) is 70.3 Å². The van der Waals surface area contributed by atoms with Crippen LogP contribution < -0.4 is 5.32 Å². The molecule has 5 nitrogen and oxygen atoms in total. The lowest BCUT2D eigenvalue weighted by Gasteiger charge is -2.14. The van der Waals surface area contributed by atoms with Crippen molar-refractivity contribution >= 4 is 51.7 Å². The summed E-state index contributed by atoms with van der Waals surface area (Å²) in [5.41, 5.74) is 1.34. The lowest BCUT2D eigenvalue weighted by atomic mass is 10.1. The van der Waals surface area contributed by atoms with Gasteiger partial charge in [0.1, 0.15) is 5.15 Å². The van der Waals surface area contributed by atoms with Crippen molar-refractivity contribution < 1.29 is 14.3 Å². The van der Waals surface area contributed by atoms with Gasteiger partial charge in [0.25, 0.3) is 5.91 Å². The van der Waals surface area contributed by atoms with Crippen LogP contribution >= 0.6 is 23.2 Å². The van der Waals surface area contributed by atoms with Crippen LogP contribution in [0.15, 0.2) is 54.6 Å². The summed E-state index contributed by atoms with van der Waals surface area (Å²) >= 11 is 11.9. The first-order valence-electron chi connectivity index (χ1n) is 7.77. The number of ether oxygens (including phenoxy) is 1. The van der Waals surface area contributed by atoms with Gasteiger partial charge in [0, 0.05) is 16.1 Å². The van der Waals surface area contributed by atoms with Crippen molar-refractivity contribution in [3.8, 4) is 0 Å². The maximum atomic E-state index is 12.5. The zero-order valence-corrected chi connectivity index (χ0v) is 15.2. The van der Waals surface area contributed by atoms with Crippen molar-refractivity contribution in [1.29, 1.82) is 0 Å². The predicted molar refractivity (Wildman–Crippen MR) is 102 cm³/mol. The molecular formula is C19H14Cl2N2O3. The molecule has 3 rings (SSSR count). The van der Waals surface area contributed by atoms with Crippen LogP contribution in [0, 0.1) is 0 Å². The molecule has 1 amide bonds. The average molecular weight is 389 g/mol. The van der Waals surface area contributed by atoms with E-state index in [-0.39, 0.29) is 10.7 Å². The fourth-order valence-electron chi connectivity index (χ4n) is 2.40. The molecule has 0 saturated heterocycles. The molecule has 26 heavy (non-hydrogen) atoms. The molecule has 1 heterocycles. The van der Waals surface area contributed by atoms with Gasteiger partial charge in [-0.25, -0.2) is 9.78 Å². The Hall–Kier alpha value is -2.63. The van der Waals surface area contributed by atoms with E-state index < -0.39 is 18.0 Å². The summed E-state index contributed by atoms with van der Waals surface area (Å²) in [6, 6.07) is 15.2. The highest BCUT2D eigenvalue weighted by molar-refractivity contribution is 6.31. The maximum absolute atomic E-state index is 12.5. The molecule has 0 aliphatic carbocycles. The number of pyridine rings is 1. The van der Waals surface area contributed by atoms with Crippen LogP contribution in [0.25, 0.3) is 10.9 Å². The van der Waals surface area contributed by atoms with Gasteiger partial charge >= 0.3 is 5.97 Å². The van der Waals surface area contributed by atoms with Crippen molar-refractivity contribution in [2.45, 2.75) is 13.0 Å². The summed E-state index contributed by atoms with van der Waals surface area (Å²) < 4.78 is 5.29. The highest BCUT2D eigenvalue weighted by Crippen LogP contribution is 2.22. The first kappa shape index (κ1) is 18.2. The first-order chi connectivity index (χ1) is 12.4. The Morgan fingerprint density at radius 3 is 2.62 bits per heavy atom. The van der Waals surface area contributed by atoms with E-state index in [1.54, 1.807) is 48.5 Å². The largest absolute Gasteiger partial charge is 0.449 e. The van der Waals surface area contributed by atoms with Gasteiger partial charge in [-0.1, -0.05) is 47.5 Å². The number of nitrogens with zero attached hydrogens (tertiary/aromatic N) is 1. The van der Waals surface area contributed by atoms with Gasteiger partial charge in [-0.15, -0.1) is 0 Å². The van der Waals surface area contributed by atoms with E-state index in [2.05, 4.69) is 10.3 Å². The summed E-state index contributed by atoms with van der Waals surface area (Å²) in [4.78, 5) is 28.9. The second-order valence-electron chi connectivity index (χ2n) is 5.56. The zero-order chi connectivity index (χ0) is 18.7. The summed E-state index contributed by atoms with van der Waals surface area (Å²) in [6.45, 7) is 1.49. The Morgan fingerprint density at radius 2 is 1.85 bits per heavy atom. The number of esters is 1. The van der Waals surface area contributed by atoms with Crippen molar-refractivity contribution in [1.82, 2.24) is 4.98 Å². The quantitative estimate of drug-likeness (QED) is 0.518. The standard InChI is InChI=1S/C19H14Cl2N2O3/c1-11(18(24)22-13-6-4-5-12(20)9-13)26-19(25)15-10-17(21)23-16-8-3-2-7-14(15)16/h2-11H,1H3,(H,22,24)/t11-/m1/s1. The number of carbonyl (C=O) groups excluding carboxylic acids is 2. The highest BCUT2D eigenvalue weighted by Gasteiger charge is 2.21. The fourth-order valence-corrected chi connectivity index (χ4v) is 2.79. The van der Waals surface area contributed by atoms with Crippen LogP contribution in [-0.4, -0.2) is 23.0 Å². The second kappa shape index (κ2) is 7.72. The van der Waals surface area contributed by atoms with Gasteiger partial charge in [0.05, 0.1) is 11.1 Å². The molecular weight excluding hydrogens is 375 g/mol. The van der Waals surface area contributed by atoms with E-state index >= 15 is 0 Å². The molecule has 3 aromatic rings. The lowest BCUT2D eigenvalue weighted by Crippen LogP contribution is -2.30. The molecule has 2 aromatic carbocycles. The van der Waals surface area contributed by atoms with Gasteiger partial charge < -0.3 is 10.1 Å². The molecule has 0 bridgehead atoms. The molecule has 0 unspecified atom stereocenters. The molecule has 132 valence electrons. The number of amides is 1. The monoisotopic (exact) mass is 388 g/mol. The highest BCUT2D eigenvalue weighted by atomic mass is 35.5. The number of hydrogen-bond acceptors (Lipinski definition) is 4. The molecule has 1 aromatic heterocycles. The molecule has 0 aliphatic heterocycles. The van der Waals surface area contributed by atoms with Crippen LogP contribution in [0.5, 0.6) is 0 Å². The number of aromatic nitrogens is 1. The van der Waals surface area contributed by atoms with Crippen LogP contribution in [0.2, 0.25) is 10.2 Å². The van der Waals surface area contributed by atoms with Gasteiger partial charge in [-0.3, -0.25) is 4.79 Å². The molecule has 0 saturated carbocycles. The summed E-state index contributed by atoms with van der Waals surface area (Å²) in [5.74, 6) is -1.12. The normalized spacial score (nSPS) is 11.8. The number of halogens is 2. The molecule has 0 spiro atoms. The maximum Gasteiger partial charge on any atom is 0.339 e. The Bertz CT molecular complexity index is 991. The Labute approximate surface area is 159 Å². The summed E-state index contributed by atoms with van der Waals surface area (Å²) in [6.07, 6.45) is -1.01. The van der Waals surface area contributed by atoms with Crippen LogP contribution in [0.4, 0.5) is 5.69 Å². The van der Waals surface area contributed by atoms with E-state index in [4.69, 9.17) is 27.9 Å². The molecule has 0 fully saturated rings. The van der Waals surface area contributed by atoms with Gasteiger partial charge in [-0.2, -0.15) is 0 Å². The van der Waals surface area contributed by atoms with Crippen LogP contribution in [0.1, 0.15) is 17.3 Å². The summed E-state index contributed by atoms with van der Waals surface area (Å²) in [7, 11) is 0. The number of rotatable bonds is 4. The number of nitrogens with one attached hydrogen (secondary N) is 1. The number of benzene rings is 2. The third-order valence-corrected chi connectivity index (χ3v) is 4.08. The number of hydrogen-bond donors (Lipinski definition) is 1. The van der Waals surface area contributed by atoms with E-state index in [9.17, 15) is 9.59 Å². The average Bonchev–Trinajstić information content (AvgIpc) is 2.60. The zero-order valence-electron chi connectivity index (χ0n) is 13.7. The SMILES string of the molecule is C[C@@H](OC(=O)c1cc(Cl)nc2ccccc12)C(=O)Nc1cccc(Cl)c1. The van der Waals surface area contributed by atoms with Gasteiger partial charge in [0.15, 0.2) is 6.10 Å². The Balaban J connectivity index is 1.76. The lowest BCUT2D eigenvalue weighted by molar-refractivity contribution is -0.123.